The standard InChI is InChI=1S/C30H40N2O7S/c1-18-5-7-19(8-6-18)26(33)32(23-15-21(9-12-30(2,3)4)40-25(23)27(34)35)20-10-13-31(16-20)29(36)39-24-17-38-28-22(24)11-14-37-28/h15,18-20,22,24,28H,5-8,10-11,13-14,16-17H2,1-4H3,(H,34,35)/t18-,19-,20-,22-,24-,28+/m0/s1. The van der Waals surface area contributed by atoms with Gasteiger partial charge in [-0.15, -0.1) is 11.3 Å². The Morgan fingerprint density at radius 3 is 2.58 bits per heavy atom. The Hall–Kier alpha value is -2.61. The van der Waals surface area contributed by atoms with Gasteiger partial charge in [-0.3, -0.25) is 4.79 Å². The van der Waals surface area contributed by atoms with Crippen LogP contribution < -0.4 is 4.90 Å². The zero-order valence-corrected chi connectivity index (χ0v) is 24.6. The van der Waals surface area contributed by atoms with Crippen molar-refractivity contribution in [2.75, 3.05) is 31.2 Å². The van der Waals surface area contributed by atoms with Crippen LogP contribution in [0.15, 0.2) is 6.07 Å². The van der Waals surface area contributed by atoms with Crippen LogP contribution in [0.25, 0.3) is 0 Å². The number of carbonyl (C=O) groups excluding carboxylic acids is 2. The van der Waals surface area contributed by atoms with E-state index in [1.807, 2.05) is 20.8 Å². The van der Waals surface area contributed by atoms with E-state index in [1.54, 1.807) is 15.9 Å². The van der Waals surface area contributed by atoms with Crippen LogP contribution in [0.3, 0.4) is 0 Å². The van der Waals surface area contributed by atoms with Crippen LogP contribution in [0.1, 0.15) is 80.8 Å². The van der Waals surface area contributed by atoms with Crippen LogP contribution in [-0.2, 0) is 19.0 Å². The van der Waals surface area contributed by atoms with Crippen molar-refractivity contribution in [3.63, 3.8) is 0 Å². The van der Waals surface area contributed by atoms with Crippen LogP contribution in [0, 0.1) is 35.0 Å². The molecule has 0 radical (unpaired) electrons. The van der Waals surface area contributed by atoms with E-state index in [9.17, 15) is 19.5 Å². The Balaban J connectivity index is 1.39. The van der Waals surface area contributed by atoms with Crippen molar-refractivity contribution >= 4 is 35.0 Å². The highest BCUT2D eigenvalue weighted by Gasteiger charge is 2.45. The molecule has 0 spiro atoms. The number of hydrogen-bond acceptors (Lipinski definition) is 7. The number of amides is 2. The number of thiophene rings is 1. The Bertz CT molecular complexity index is 1190. The van der Waals surface area contributed by atoms with Gasteiger partial charge in [0.05, 0.1) is 35.7 Å². The highest BCUT2D eigenvalue weighted by atomic mass is 32.1. The largest absolute Gasteiger partial charge is 0.477 e. The first kappa shape index (κ1) is 28.9. The van der Waals surface area contributed by atoms with Gasteiger partial charge in [-0.05, 0) is 71.3 Å². The molecule has 1 saturated carbocycles. The summed E-state index contributed by atoms with van der Waals surface area (Å²) >= 11 is 1.10. The lowest BCUT2D eigenvalue weighted by molar-refractivity contribution is -0.124. The molecule has 9 nitrogen and oxygen atoms in total. The second-order valence-corrected chi connectivity index (χ2v) is 13.7. The number of rotatable bonds is 5. The quantitative estimate of drug-likeness (QED) is 0.497. The maximum Gasteiger partial charge on any atom is 0.410 e. The van der Waals surface area contributed by atoms with Gasteiger partial charge in [-0.2, -0.15) is 0 Å². The van der Waals surface area contributed by atoms with Gasteiger partial charge in [0.2, 0.25) is 5.91 Å². The average molecular weight is 573 g/mol. The lowest BCUT2D eigenvalue weighted by Gasteiger charge is -2.34. The molecule has 4 fully saturated rings. The molecule has 3 saturated heterocycles. The van der Waals surface area contributed by atoms with Gasteiger partial charge < -0.3 is 29.1 Å². The van der Waals surface area contributed by atoms with E-state index in [0.29, 0.717) is 42.7 Å². The maximum absolute atomic E-state index is 14.1. The van der Waals surface area contributed by atoms with Crippen LogP contribution in [0.5, 0.6) is 0 Å². The molecule has 1 aromatic rings. The molecular formula is C30H40N2O7S. The van der Waals surface area contributed by atoms with E-state index in [4.69, 9.17) is 14.2 Å². The fourth-order valence-electron chi connectivity index (χ4n) is 6.09. The van der Waals surface area contributed by atoms with Gasteiger partial charge in [0.25, 0.3) is 0 Å². The van der Waals surface area contributed by atoms with E-state index in [2.05, 4.69) is 18.8 Å². The molecule has 4 atom stereocenters. The molecule has 0 unspecified atom stereocenters. The number of likely N-dealkylation sites (tertiary alicyclic amines) is 1. The summed E-state index contributed by atoms with van der Waals surface area (Å²) in [4.78, 5) is 43.7. The smallest absolute Gasteiger partial charge is 0.410 e. The summed E-state index contributed by atoms with van der Waals surface area (Å²) in [6, 6.07) is 1.39. The minimum absolute atomic E-state index is 0.0469. The summed E-state index contributed by atoms with van der Waals surface area (Å²) < 4.78 is 17.0. The second kappa shape index (κ2) is 11.7. The summed E-state index contributed by atoms with van der Waals surface area (Å²) in [6.07, 6.45) is 3.76. The van der Waals surface area contributed by atoms with Crippen molar-refractivity contribution in [3.8, 4) is 11.8 Å². The Labute approximate surface area is 240 Å². The number of carbonyl (C=O) groups is 3. The summed E-state index contributed by atoms with van der Waals surface area (Å²) in [5.74, 6) is 5.60. The van der Waals surface area contributed by atoms with Crippen molar-refractivity contribution in [1.82, 2.24) is 4.90 Å². The molecule has 218 valence electrons. The topological polar surface area (TPSA) is 106 Å². The molecular weight excluding hydrogens is 532 g/mol. The van der Waals surface area contributed by atoms with Gasteiger partial charge in [0, 0.05) is 24.4 Å². The van der Waals surface area contributed by atoms with E-state index >= 15 is 0 Å². The molecule has 5 rings (SSSR count). The van der Waals surface area contributed by atoms with Crippen molar-refractivity contribution in [2.45, 2.75) is 84.7 Å². The van der Waals surface area contributed by atoms with Crippen LogP contribution >= 0.6 is 11.3 Å². The van der Waals surface area contributed by atoms with E-state index < -0.39 is 12.1 Å². The van der Waals surface area contributed by atoms with Crippen molar-refractivity contribution < 1.29 is 33.7 Å². The van der Waals surface area contributed by atoms with Crippen LogP contribution in [0.2, 0.25) is 0 Å². The van der Waals surface area contributed by atoms with E-state index in [-0.39, 0.29) is 53.0 Å². The second-order valence-electron chi connectivity index (χ2n) is 12.6. The Morgan fingerprint density at radius 2 is 1.88 bits per heavy atom. The summed E-state index contributed by atoms with van der Waals surface area (Å²) in [7, 11) is 0. The molecule has 10 heteroatoms. The third kappa shape index (κ3) is 6.32. The molecule has 4 heterocycles. The highest BCUT2D eigenvalue weighted by Crippen LogP contribution is 2.38. The van der Waals surface area contributed by atoms with Crippen molar-refractivity contribution in [1.29, 1.82) is 0 Å². The number of nitrogens with zero attached hydrogens (tertiary/aromatic N) is 2. The van der Waals surface area contributed by atoms with Gasteiger partial charge in [0.1, 0.15) is 11.0 Å². The van der Waals surface area contributed by atoms with Gasteiger partial charge in [0.15, 0.2) is 6.29 Å². The minimum Gasteiger partial charge on any atom is -0.477 e. The summed E-state index contributed by atoms with van der Waals surface area (Å²) in [6.45, 7) is 9.82. The predicted octanol–water partition coefficient (Wildman–Crippen LogP) is 4.98. The predicted molar refractivity (Wildman–Crippen MR) is 150 cm³/mol. The van der Waals surface area contributed by atoms with Crippen LogP contribution in [-0.4, -0.2) is 72.7 Å². The lowest BCUT2D eigenvalue weighted by Crippen LogP contribution is -2.47. The number of anilines is 1. The van der Waals surface area contributed by atoms with E-state index in [0.717, 1.165) is 43.4 Å². The molecule has 2 amide bonds. The molecule has 0 bridgehead atoms. The van der Waals surface area contributed by atoms with Gasteiger partial charge in [-0.25, -0.2) is 9.59 Å². The zero-order chi connectivity index (χ0) is 28.6. The number of ether oxygens (including phenoxy) is 3. The van der Waals surface area contributed by atoms with Gasteiger partial charge >= 0.3 is 12.1 Å². The third-order valence-electron chi connectivity index (χ3n) is 8.35. The number of fused-ring (bicyclic) bond motifs is 1. The van der Waals surface area contributed by atoms with Gasteiger partial charge in [-0.1, -0.05) is 18.8 Å². The lowest BCUT2D eigenvalue weighted by atomic mass is 9.82. The molecule has 40 heavy (non-hydrogen) atoms. The van der Waals surface area contributed by atoms with Crippen molar-refractivity contribution in [2.24, 2.45) is 23.2 Å². The number of carboxylic acid groups (broad SMARTS) is 1. The number of carboxylic acids is 1. The molecule has 0 aromatic carbocycles. The normalized spacial score (nSPS) is 29.9. The fraction of sp³-hybridized carbons (Fsp3) is 0.700. The Kier molecular flexibility index (Phi) is 8.46. The Morgan fingerprint density at radius 1 is 1.12 bits per heavy atom. The first-order valence-electron chi connectivity index (χ1n) is 14.4. The maximum atomic E-state index is 14.1. The first-order valence-corrected chi connectivity index (χ1v) is 15.2. The summed E-state index contributed by atoms with van der Waals surface area (Å²) in [5, 5.41) is 10.1. The third-order valence-corrected chi connectivity index (χ3v) is 9.38. The minimum atomic E-state index is -1.08. The van der Waals surface area contributed by atoms with Crippen LogP contribution in [0.4, 0.5) is 10.5 Å². The SMILES string of the molecule is CC(C)(C)C#Cc1cc(N(C(=O)[C@H]2CC[C@H](C)CC2)[C@H]2CCN(C(=O)O[C@H]3CO[C@H]4OCC[C@H]43)C2)c(C(=O)O)s1. The monoisotopic (exact) mass is 572 g/mol. The number of hydrogen-bond donors (Lipinski definition) is 1. The average Bonchev–Trinajstić information content (AvgIpc) is 3.69. The highest BCUT2D eigenvalue weighted by molar-refractivity contribution is 7.15. The summed E-state index contributed by atoms with van der Waals surface area (Å²) in [5.41, 5.74) is 0.137. The molecule has 3 aliphatic heterocycles. The number of aromatic carboxylic acids is 1. The molecule has 1 aliphatic carbocycles. The van der Waals surface area contributed by atoms with Crippen molar-refractivity contribution in [3.05, 3.63) is 15.8 Å². The molecule has 4 aliphatic rings. The molecule has 1 N–H and O–H groups in total. The molecule has 1 aromatic heterocycles. The fourth-order valence-corrected chi connectivity index (χ4v) is 6.93. The zero-order valence-electron chi connectivity index (χ0n) is 23.8. The first-order chi connectivity index (χ1) is 19.0. The van der Waals surface area contributed by atoms with E-state index in [1.165, 1.54) is 0 Å².